The van der Waals surface area contributed by atoms with Gasteiger partial charge in [-0.1, -0.05) is 29.5 Å². The van der Waals surface area contributed by atoms with E-state index in [4.69, 9.17) is 0 Å². The molecule has 98 valence electrons. The van der Waals surface area contributed by atoms with Crippen LogP contribution in [-0.4, -0.2) is 16.1 Å². The summed E-state index contributed by atoms with van der Waals surface area (Å²) in [5.74, 6) is -0.930. The van der Waals surface area contributed by atoms with Crippen molar-refractivity contribution in [3.05, 3.63) is 52.7 Å². The molecule has 0 radical (unpaired) electrons. The third-order valence-electron chi connectivity index (χ3n) is 2.73. The molecule has 1 aromatic carbocycles. The predicted molar refractivity (Wildman–Crippen MR) is 76.0 cm³/mol. The van der Waals surface area contributed by atoms with Crippen LogP contribution in [0.5, 0.6) is 0 Å². The lowest BCUT2D eigenvalue weighted by Gasteiger charge is -2.09. The zero-order chi connectivity index (χ0) is 14.0. The molecule has 0 aliphatic carbocycles. The monoisotopic (exact) mass is 273 g/mol. The fourth-order valence-electron chi connectivity index (χ4n) is 1.93. The van der Waals surface area contributed by atoms with Crippen molar-refractivity contribution < 1.29 is 9.90 Å². The molecular weight excluding hydrogens is 258 g/mol. The molecule has 0 saturated carbocycles. The van der Waals surface area contributed by atoms with E-state index in [9.17, 15) is 9.90 Å². The molecule has 0 bridgehead atoms. The van der Waals surface area contributed by atoms with Gasteiger partial charge in [0.25, 0.3) is 0 Å². The Morgan fingerprint density at radius 2 is 1.95 bits per heavy atom. The minimum Gasteiger partial charge on any atom is -0.478 e. The van der Waals surface area contributed by atoms with Crippen molar-refractivity contribution in [3.8, 4) is 0 Å². The van der Waals surface area contributed by atoms with Crippen molar-refractivity contribution >= 4 is 17.7 Å². The van der Waals surface area contributed by atoms with Gasteiger partial charge in [0.05, 0.1) is 5.56 Å². The van der Waals surface area contributed by atoms with Crippen molar-refractivity contribution in [1.29, 1.82) is 0 Å². The van der Waals surface area contributed by atoms with Crippen LogP contribution in [0.2, 0.25) is 0 Å². The van der Waals surface area contributed by atoms with Gasteiger partial charge in [0.1, 0.15) is 5.03 Å². The maximum Gasteiger partial charge on any atom is 0.338 e. The minimum absolute atomic E-state index is 0.289. The molecule has 0 atom stereocenters. The zero-order valence-corrected chi connectivity index (χ0v) is 11.9. The molecule has 2 aromatic rings. The number of carboxylic acid groups (broad SMARTS) is 1. The van der Waals surface area contributed by atoms with Crippen molar-refractivity contribution in [2.24, 2.45) is 0 Å². The van der Waals surface area contributed by atoms with Crippen LogP contribution in [0.15, 0.2) is 40.3 Å². The first-order chi connectivity index (χ1) is 8.97. The zero-order valence-electron chi connectivity index (χ0n) is 11.1. The van der Waals surface area contributed by atoms with E-state index in [0.29, 0.717) is 5.03 Å². The molecule has 4 heteroatoms. The number of rotatable bonds is 3. The molecule has 0 spiro atoms. The van der Waals surface area contributed by atoms with Gasteiger partial charge >= 0.3 is 5.97 Å². The predicted octanol–water partition coefficient (Wildman–Crippen LogP) is 3.86. The van der Waals surface area contributed by atoms with Gasteiger partial charge in [0.15, 0.2) is 0 Å². The average molecular weight is 273 g/mol. The van der Waals surface area contributed by atoms with Crippen LogP contribution >= 0.6 is 11.8 Å². The summed E-state index contributed by atoms with van der Waals surface area (Å²) < 4.78 is 0. The van der Waals surface area contributed by atoms with Crippen LogP contribution in [0, 0.1) is 20.8 Å². The van der Waals surface area contributed by atoms with E-state index in [0.717, 1.165) is 21.7 Å². The third kappa shape index (κ3) is 3.15. The lowest BCUT2D eigenvalue weighted by Crippen LogP contribution is -2.05. The third-order valence-corrected chi connectivity index (χ3v) is 3.71. The molecule has 0 saturated heterocycles. The van der Waals surface area contributed by atoms with Crippen LogP contribution in [0.1, 0.15) is 27.2 Å². The number of nitrogens with zero attached hydrogens (tertiary/aromatic N) is 1. The van der Waals surface area contributed by atoms with Crippen LogP contribution in [-0.2, 0) is 0 Å². The Morgan fingerprint density at radius 3 is 2.58 bits per heavy atom. The van der Waals surface area contributed by atoms with Gasteiger partial charge in [-0.25, -0.2) is 9.78 Å². The summed E-state index contributed by atoms with van der Waals surface area (Å²) in [6, 6.07) is 9.75. The Morgan fingerprint density at radius 1 is 1.21 bits per heavy atom. The van der Waals surface area contributed by atoms with Crippen LogP contribution in [0.25, 0.3) is 0 Å². The maximum atomic E-state index is 11.4. The van der Waals surface area contributed by atoms with E-state index < -0.39 is 5.97 Å². The van der Waals surface area contributed by atoms with E-state index in [2.05, 4.69) is 4.98 Å². The van der Waals surface area contributed by atoms with Crippen molar-refractivity contribution in [2.75, 3.05) is 0 Å². The van der Waals surface area contributed by atoms with Gasteiger partial charge in [-0.15, -0.1) is 0 Å². The second-order valence-electron chi connectivity index (χ2n) is 4.48. The number of pyridine rings is 1. The number of hydrogen-bond acceptors (Lipinski definition) is 3. The van der Waals surface area contributed by atoms with E-state index in [-0.39, 0.29) is 5.56 Å². The number of carboxylic acids is 1. The van der Waals surface area contributed by atoms with Crippen LogP contribution in [0.4, 0.5) is 0 Å². The summed E-state index contributed by atoms with van der Waals surface area (Å²) >= 11 is 1.39. The topological polar surface area (TPSA) is 50.2 Å². The second kappa shape index (κ2) is 5.45. The van der Waals surface area contributed by atoms with Crippen LogP contribution in [0.3, 0.4) is 0 Å². The van der Waals surface area contributed by atoms with Crippen molar-refractivity contribution in [3.63, 3.8) is 0 Å². The van der Waals surface area contributed by atoms with Crippen molar-refractivity contribution in [1.82, 2.24) is 4.98 Å². The quantitative estimate of drug-likeness (QED) is 0.922. The number of carbonyl (C=O) groups is 1. The highest BCUT2D eigenvalue weighted by Gasteiger charge is 2.16. The Balaban J connectivity index is 2.47. The second-order valence-corrected chi connectivity index (χ2v) is 5.55. The van der Waals surface area contributed by atoms with Gasteiger partial charge in [-0.05, 0) is 44.5 Å². The molecule has 19 heavy (non-hydrogen) atoms. The SMILES string of the molecule is Cc1cccc(Sc2nc(C)cc(C)c2C(=O)O)c1. The summed E-state index contributed by atoms with van der Waals surface area (Å²) in [5.41, 5.74) is 3.01. The number of benzene rings is 1. The summed E-state index contributed by atoms with van der Waals surface area (Å²) in [5, 5.41) is 9.87. The van der Waals surface area contributed by atoms with Gasteiger partial charge in [0, 0.05) is 10.6 Å². The molecule has 1 heterocycles. The first kappa shape index (κ1) is 13.6. The highest BCUT2D eigenvalue weighted by atomic mass is 32.2. The van der Waals surface area contributed by atoms with Gasteiger partial charge in [-0.2, -0.15) is 0 Å². The Labute approximate surface area is 116 Å². The summed E-state index contributed by atoms with van der Waals surface area (Å²) in [6.07, 6.45) is 0. The van der Waals surface area contributed by atoms with E-state index in [1.54, 1.807) is 13.0 Å². The minimum atomic E-state index is -0.930. The number of aromatic carboxylic acids is 1. The summed E-state index contributed by atoms with van der Waals surface area (Å²) in [4.78, 5) is 16.7. The number of aryl methyl sites for hydroxylation is 3. The van der Waals surface area contributed by atoms with Gasteiger partial charge in [-0.3, -0.25) is 0 Å². The Bertz CT molecular complexity index is 638. The van der Waals surface area contributed by atoms with E-state index in [1.165, 1.54) is 11.8 Å². The molecular formula is C15H15NO2S. The van der Waals surface area contributed by atoms with Gasteiger partial charge in [0.2, 0.25) is 0 Å². The number of hydrogen-bond donors (Lipinski definition) is 1. The summed E-state index contributed by atoms with van der Waals surface area (Å²) in [7, 11) is 0. The first-order valence-corrected chi connectivity index (χ1v) is 6.75. The largest absolute Gasteiger partial charge is 0.478 e. The average Bonchev–Trinajstić information content (AvgIpc) is 2.26. The number of aromatic nitrogens is 1. The smallest absolute Gasteiger partial charge is 0.338 e. The normalized spacial score (nSPS) is 10.5. The van der Waals surface area contributed by atoms with Crippen molar-refractivity contribution in [2.45, 2.75) is 30.7 Å². The van der Waals surface area contributed by atoms with Crippen LogP contribution < -0.4 is 0 Å². The molecule has 3 nitrogen and oxygen atoms in total. The highest BCUT2D eigenvalue weighted by molar-refractivity contribution is 7.99. The fraction of sp³-hybridized carbons (Fsp3) is 0.200. The Kier molecular flexibility index (Phi) is 3.90. The highest BCUT2D eigenvalue weighted by Crippen LogP contribution is 2.31. The molecule has 0 aliphatic heterocycles. The Hall–Kier alpha value is -1.81. The maximum absolute atomic E-state index is 11.4. The molecule has 2 rings (SSSR count). The standard InChI is InChI=1S/C15H15NO2S/c1-9-5-4-6-12(7-9)19-14-13(15(17)18)10(2)8-11(3)16-14/h4-8H,1-3H3,(H,17,18). The molecule has 0 unspecified atom stereocenters. The lowest BCUT2D eigenvalue weighted by molar-refractivity contribution is 0.0691. The lowest BCUT2D eigenvalue weighted by atomic mass is 10.1. The molecule has 0 aliphatic rings. The van der Waals surface area contributed by atoms with E-state index in [1.807, 2.05) is 38.1 Å². The molecule has 0 amide bonds. The molecule has 1 N–H and O–H groups in total. The molecule has 1 aromatic heterocycles. The fourth-order valence-corrected chi connectivity index (χ4v) is 3.08. The van der Waals surface area contributed by atoms with E-state index >= 15 is 0 Å². The first-order valence-electron chi connectivity index (χ1n) is 5.93. The molecule has 0 fully saturated rings. The summed E-state index contributed by atoms with van der Waals surface area (Å²) in [6.45, 7) is 5.69. The van der Waals surface area contributed by atoms with Gasteiger partial charge < -0.3 is 5.11 Å².